The first-order valence-electron chi connectivity index (χ1n) is 11.9. The molecule has 3 aromatic carbocycles. The molecule has 3 aromatic heterocycles. The van der Waals surface area contributed by atoms with Gasteiger partial charge >= 0.3 is 5.97 Å². The van der Waals surface area contributed by atoms with E-state index in [2.05, 4.69) is 21.0 Å². The molecule has 188 valence electrons. The summed E-state index contributed by atoms with van der Waals surface area (Å²) in [5.74, 6) is -0.277. The van der Waals surface area contributed by atoms with Crippen LogP contribution < -0.4 is 5.56 Å². The molecule has 0 saturated carbocycles. The summed E-state index contributed by atoms with van der Waals surface area (Å²) >= 11 is 3.48. The summed E-state index contributed by atoms with van der Waals surface area (Å²) in [6, 6.07) is 21.3. The molecule has 0 aliphatic carbocycles. The van der Waals surface area contributed by atoms with Gasteiger partial charge in [0.2, 0.25) is 5.82 Å². The largest absolute Gasteiger partial charge is 0.480 e. The van der Waals surface area contributed by atoms with Gasteiger partial charge in [0.05, 0.1) is 17.1 Å². The van der Waals surface area contributed by atoms with Crippen LogP contribution in [0.5, 0.6) is 0 Å². The Morgan fingerprint density at radius 2 is 1.82 bits per heavy atom. The summed E-state index contributed by atoms with van der Waals surface area (Å²) in [6.07, 6.45) is 1.59. The molecule has 0 spiro atoms. The number of halogens is 1. The van der Waals surface area contributed by atoms with Crippen LogP contribution >= 0.6 is 15.9 Å². The van der Waals surface area contributed by atoms with Crippen molar-refractivity contribution in [1.82, 2.24) is 14.2 Å². The Morgan fingerprint density at radius 1 is 1.08 bits per heavy atom. The van der Waals surface area contributed by atoms with Gasteiger partial charge in [0.15, 0.2) is 5.76 Å². The highest BCUT2D eigenvalue weighted by molar-refractivity contribution is 9.10. The van der Waals surface area contributed by atoms with Gasteiger partial charge in [-0.2, -0.15) is 9.78 Å². The Labute approximate surface area is 224 Å². The summed E-state index contributed by atoms with van der Waals surface area (Å²) in [6.45, 7) is 3.48. The van der Waals surface area contributed by atoms with Gasteiger partial charge < -0.3 is 14.1 Å². The summed E-state index contributed by atoms with van der Waals surface area (Å²) in [7, 11) is 0. The third-order valence-corrected chi connectivity index (χ3v) is 7.20. The van der Waals surface area contributed by atoms with Crippen LogP contribution in [0.15, 0.2) is 91.6 Å². The number of fused-ring (bicyclic) bond motifs is 3. The number of aromatic nitrogens is 3. The minimum absolute atomic E-state index is 0.262. The van der Waals surface area contributed by atoms with E-state index in [0.29, 0.717) is 27.8 Å². The quantitative estimate of drug-likeness (QED) is 0.243. The van der Waals surface area contributed by atoms with Crippen LogP contribution in [-0.4, -0.2) is 31.5 Å². The van der Waals surface area contributed by atoms with E-state index in [1.54, 1.807) is 35.9 Å². The number of rotatable bonds is 5. The van der Waals surface area contributed by atoms with Crippen LogP contribution in [-0.2, 0) is 4.79 Å². The first-order valence-corrected chi connectivity index (χ1v) is 12.7. The smallest absolute Gasteiger partial charge is 0.326 e. The van der Waals surface area contributed by atoms with Gasteiger partial charge in [0.25, 0.3) is 5.56 Å². The van der Waals surface area contributed by atoms with Crippen molar-refractivity contribution in [2.24, 2.45) is 5.10 Å². The third kappa shape index (κ3) is 3.83. The van der Waals surface area contributed by atoms with Crippen molar-refractivity contribution < 1.29 is 14.3 Å². The number of aliphatic carboxylic acids is 1. The highest BCUT2D eigenvalue weighted by Crippen LogP contribution is 2.30. The number of carbonyl (C=O) groups is 1. The molecule has 0 amide bonds. The molecule has 0 unspecified atom stereocenters. The molecule has 3 heterocycles. The monoisotopic (exact) mass is 568 g/mol. The van der Waals surface area contributed by atoms with Crippen LogP contribution in [0.4, 0.5) is 0 Å². The zero-order valence-corrected chi connectivity index (χ0v) is 22.0. The van der Waals surface area contributed by atoms with Crippen LogP contribution in [0, 0.1) is 6.92 Å². The van der Waals surface area contributed by atoms with E-state index in [4.69, 9.17) is 9.40 Å². The van der Waals surface area contributed by atoms with Crippen molar-refractivity contribution in [2.75, 3.05) is 0 Å². The molecule has 0 aliphatic heterocycles. The van der Waals surface area contributed by atoms with Gasteiger partial charge in [-0.05, 0) is 56.3 Å². The maximum absolute atomic E-state index is 13.6. The molecular weight excluding hydrogens is 548 g/mol. The van der Waals surface area contributed by atoms with Crippen molar-refractivity contribution in [3.8, 4) is 11.6 Å². The number of para-hydroxylation sites is 2. The molecule has 9 heteroatoms. The fraction of sp³-hybridized carbons (Fsp3) is 0.103. The van der Waals surface area contributed by atoms with Crippen molar-refractivity contribution in [3.05, 3.63) is 98.9 Å². The second-order valence-electron chi connectivity index (χ2n) is 9.01. The van der Waals surface area contributed by atoms with E-state index in [-0.39, 0.29) is 11.4 Å². The predicted octanol–water partition coefficient (Wildman–Crippen LogP) is 6.36. The maximum Gasteiger partial charge on any atom is 0.326 e. The highest BCUT2D eigenvalue weighted by atomic mass is 79.9. The zero-order valence-electron chi connectivity index (χ0n) is 20.4. The Bertz CT molecular complexity index is 1980. The van der Waals surface area contributed by atoms with Gasteiger partial charge in [-0.3, -0.25) is 4.79 Å². The SMILES string of the molecule is Cc1c(C=Nn2c(-c3cc4cc(Br)ccc4o3)nc3ccccc3c2=O)c2ccccc2n1[C@@H](C)C(=O)O. The lowest BCUT2D eigenvalue weighted by Crippen LogP contribution is -2.20. The van der Waals surface area contributed by atoms with Crippen LogP contribution in [0.1, 0.15) is 24.2 Å². The van der Waals surface area contributed by atoms with E-state index < -0.39 is 12.0 Å². The molecule has 38 heavy (non-hydrogen) atoms. The van der Waals surface area contributed by atoms with Crippen LogP contribution in [0.3, 0.4) is 0 Å². The molecule has 6 aromatic rings. The van der Waals surface area contributed by atoms with Gasteiger partial charge in [-0.25, -0.2) is 9.78 Å². The van der Waals surface area contributed by atoms with Crippen molar-refractivity contribution in [2.45, 2.75) is 19.9 Å². The lowest BCUT2D eigenvalue weighted by atomic mass is 10.1. The number of hydrogen-bond acceptors (Lipinski definition) is 5. The highest BCUT2D eigenvalue weighted by Gasteiger charge is 2.22. The third-order valence-electron chi connectivity index (χ3n) is 6.70. The molecule has 0 aliphatic rings. The molecule has 1 atom stereocenters. The fourth-order valence-corrected chi connectivity index (χ4v) is 5.20. The number of carboxylic acids is 1. The number of hydrogen-bond donors (Lipinski definition) is 1. The first kappa shape index (κ1) is 23.9. The Balaban J connectivity index is 1.59. The van der Waals surface area contributed by atoms with Gasteiger partial charge in [-0.1, -0.05) is 46.3 Å². The fourth-order valence-electron chi connectivity index (χ4n) is 4.82. The zero-order chi connectivity index (χ0) is 26.6. The first-order chi connectivity index (χ1) is 18.3. The Kier molecular flexibility index (Phi) is 5.72. The second-order valence-corrected chi connectivity index (χ2v) is 9.92. The molecule has 8 nitrogen and oxygen atoms in total. The molecular formula is C29H21BrN4O4. The number of benzene rings is 3. The van der Waals surface area contributed by atoms with E-state index in [1.807, 2.05) is 61.5 Å². The molecule has 0 radical (unpaired) electrons. The number of carboxylic acid groups (broad SMARTS) is 1. The minimum Gasteiger partial charge on any atom is -0.480 e. The van der Waals surface area contributed by atoms with Gasteiger partial charge in [0.1, 0.15) is 11.6 Å². The standard InChI is InChI=1S/C29H21BrN4O4/c1-16-22(20-7-4-6-10-24(20)33(16)17(2)29(36)37)15-31-34-27(32-23-9-5-3-8-21(23)28(34)35)26-14-18-13-19(30)11-12-25(18)38-26/h3-15,17H,1-2H3,(H,36,37)/t17-/m0/s1. The summed E-state index contributed by atoms with van der Waals surface area (Å²) < 4.78 is 9.98. The molecule has 0 fully saturated rings. The topological polar surface area (TPSA) is 103 Å². The molecule has 0 saturated heterocycles. The molecule has 0 bridgehead atoms. The van der Waals surface area contributed by atoms with E-state index >= 15 is 0 Å². The van der Waals surface area contributed by atoms with Crippen LogP contribution in [0.25, 0.3) is 44.4 Å². The van der Waals surface area contributed by atoms with E-state index in [9.17, 15) is 14.7 Å². The summed E-state index contributed by atoms with van der Waals surface area (Å²) in [5, 5.41) is 16.4. The van der Waals surface area contributed by atoms with Crippen molar-refractivity contribution >= 4 is 60.9 Å². The summed E-state index contributed by atoms with van der Waals surface area (Å²) in [4.78, 5) is 30.2. The van der Waals surface area contributed by atoms with Gasteiger partial charge in [-0.15, -0.1) is 0 Å². The average molecular weight is 569 g/mol. The molecule has 1 N–H and O–H groups in total. The van der Waals surface area contributed by atoms with Crippen LogP contribution in [0.2, 0.25) is 0 Å². The normalized spacial score (nSPS) is 12.7. The summed E-state index contributed by atoms with van der Waals surface area (Å²) in [5.41, 5.74) is 3.05. The van der Waals surface area contributed by atoms with E-state index in [1.165, 1.54) is 4.68 Å². The number of furan rings is 1. The van der Waals surface area contributed by atoms with Gasteiger partial charge in [0, 0.05) is 32.0 Å². The second kappa shape index (κ2) is 9.11. The minimum atomic E-state index is -0.939. The Morgan fingerprint density at radius 3 is 2.61 bits per heavy atom. The molecule has 6 rings (SSSR count). The van der Waals surface area contributed by atoms with Crippen molar-refractivity contribution in [3.63, 3.8) is 0 Å². The van der Waals surface area contributed by atoms with E-state index in [0.717, 1.165) is 26.5 Å². The lowest BCUT2D eigenvalue weighted by molar-refractivity contribution is -0.140. The lowest BCUT2D eigenvalue weighted by Gasteiger charge is -2.13. The maximum atomic E-state index is 13.6. The predicted molar refractivity (Wildman–Crippen MR) is 151 cm³/mol. The average Bonchev–Trinajstić information content (AvgIpc) is 3.45. The Hall–Kier alpha value is -4.50. The van der Waals surface area contributed by atoms with Crippen molar-refractivity contribution in [1.29, 1.82) is 0 Å². The number of nitrogens with zero attached hydrogens (tertiary/aromatic N) is 4.